The molecule has 0 bridgehead atoms. The average Bonchev–Trinajstić information content (AvgIpc) is 2.60. The van der Waals surface area contributed by atoms with Gasteiger partial charge in [-0.3, -0.25) is 0 Å². The fourth-order valence-corrected chi connectivity index (χ4v) is 3.05. The Balaban J connectivity index is 2.47. The van der Waals surface area contributed by atoms with E-state index in [2.05, 4.69) is 34.7 Å². The Hall–Kier alpha value is -2.51. The Labute approximate surface area is 155 Å². The zero-order chi connectivity index (χ0) is 17.5. The highest BCUT2D eigenvalue weighted by Gasteiger charge is 2.11. The van der Waals surface area contributed by atoms with Crippen molar-refractivity contribution in [3.05, 3.63) is 56.7 Å². The van der Waals surface area contributed by atoms with Gasteiger partial charge in [0.2, 0.25) is 0 Å². The molecule has 0 aliphatic rings. The third-order valence-electron chi connectivity index (χ3n) is 3.29. The van der Waals surface area contributed by atoms with Gasteiger partial charge in [0.1, 0.15) is 0 Å². The number of nitrogens with zero attached hydrogens (tertiary/aromatic N) is 2. The molecule has 5 heteroatoms. The molecule has 2 aromatic rings. The first-order valence-electron chi connectivity index (χ1n) is 7.25. The normalized spacial score (nSPS) is 10.6. The molecule has 0 amide bonds. The van der Waals surface area contributed by atoms with Crippen LogP contribution in [-0.4, -0.2) is 13.7 Å². The number of halogens is 1. The van der Waals surface area contributed by atoms with Crippen molar-refractivity contribution >= 4 is 34.2 Å². The van der Waals surface area contributed by atoms with E-state index < -0.39 is 0 Å². The first kappa shape index (κ1) is 17.8. The minimum Gasteiger partial charge on any atom is -0.492 e. The van der Waals surface area contributed by atoms with E-state index in [-0.39, 0.29) is 0 Å². The Bertz CT molecular complexity index is 843. The molecule has 2 rings (SSSR count). The van der Waals surface area contributed by atoms with Gasteiger partial charge in [-0.1, -0.05) is 12.1 Å². The highest BCUT2D eigenvalue weighted by Crippen LogP contribution is 2.35. The summed E-state index contributed by atoms with van der Waals surface area (Å²) in [7, 11) is 1.60. The Morgan fingerprint density at radius 2 is 1.92 bits per heavy atom. The molecule has 0 aliphatic heterocycles. The number of rotatable bonds is 5. The van der Waals surface area contributed by atoms with Gasteiger partial charge in [0, 0.05) is 0 Å². The molecule has 120 valence electrons. The van der Waals surface area contributed by atoms with Gasteiger partial charge >= 0.3 is 0 Å². The quantitative estimate of drug-likeness (QED) is 0.394. The zero-order valence-corrected chi connectivity index (χ0v) is 15.5. The van der Waals surface area contributed by atoms with Crippen LogP contribution in [0.25, 0.3) is 11.6 Å². The maximum atomic E-state index is 9.47. The Kier molecular flexibility index (Phi) is 6.22. The van der Waals surface area contributed by atoms with E-state index in [1.54, 1.807) is 37.5 Å². The van der Waals surface area contributed by atoms with Gasteiger partial charge in [0.25, 0.3) is 0 Å². The molecule has 0 spiro atoms. The molecule has 4 nitrogen and oxygen atoms in total. The van der Waals surface area contributed by atoms with Gasteiger partial charge in [0.15, 0.2) is 11.5 Å². The van der Waals surface area contributed by atoms with Crippen molar-refractivity contribution in [1.29, 1.82) is 10.5 Å². The van der Waals surface area contributed by atoms with Crippen molar-refractivity contribution in [2.75, 3.05) is 13.7 Å². The third kappa shape index (κ3) is 4.06. The van der Waals surface area contributed by atoms with Gasteiger partial charge in [-0.25, -0.2) is 0 Å². The van der Waals surface area contributed by atoms with Gasteiger partial charge < -0.3 is 9.47 Å². The summed E-state index contributed by atoms with van der Waals surface area (Å²) in [5.74, 6) is 1.33. The van der Waals surface area contributed by atoms with Crippen LogP contribution in [0.15, 0.2) is 36.4 Å². The summed E-state index contributed by atoms with van der Waals surface area (Å²) in [5, 5.41) is 18.3. The predicted octanol–water partition coefficient (Wildman–Crippen LogP) is 4.63. The van der Waals surface area contributed by atoms with E-state index in [0.29, 0.717) is 29.2 Å². The lowest BCUT2D eigenvalue weighted by Crippen LogP contribution is -1.98. The van der Waals surface area contributed by atoms with Crippen LogP contribution in [0.1, 0.15) is 23.6 Å². The van der Waals surface area contributed by atoms with Crippen LogP contribution in [-0.2, 0) is 0 Å². The standard InChI is InChI=1S/C19H15IN2O2/c1-3-24-18-10-14(9-17(20)19(18)23-2)8-16(12-22)15-6-4-13(11-21)5-7-15/h4-10H,3H2,1-2H3/b16-8-. The summed E-state index contributed by atoms with van der Waals surface area (Å²) in [6.45, 7) is 2.44. The summed E-state index contributed by atoms with van der Waals surface area (Å²) in [6.07, 6.45) is 1.80. The zero-order valence-electron chi connectivity index (χ0n) is 13.3. The van der Waals surface area contributed by atoms with Crippen molar-refractivity contribution in [3.63, 3.8) is 0 Å². The van der Waals surface area contributed by atoms with Crippen molar-refractivity contribution in [2.24, 2.45) is 0 Å². The van der Waals surface area contributed by atoms with Crippen molar-refractivity contribution < 1.29 is 9.47 Å². The number of ether oxygens (including phenoxy) is 2. The number of allylic oxidation sites excluding steroid dienone is 1. The van der Waals surface area contributed by atoms with E-state index >= 15 is 0 Å². The predicted molar refractivity (Wildman–Crippen MR) is 102 cm³/mol. The fourth-order valence-electron chi connectivity index (χ4n) is 2.20. The van der Waals surface area contributed by atoms with E-state index in [1.807, 2.05) is 19.1 Å². The second-order valence-corrected chi connectivity index (χ2v) is 5.99. The molecule has 0 N–H and O–H groups in total. The maximum absolute atomic E-state index is 9.47. The van der Waals surface area contributed by atoms with E-state index in [1.165, 1.54) is 0 Å². The van der Waals surface area contributed by atoms with Gasteiger partial charge in [-0.2, -0.15) is 10.5 Å². The maximum Gasteiger partial charge on any atom is 0.174 e. The first-order valence-corrected chi connectivity index (χ1v) is 8.33. The molecule has 2 aromatic carbocycles. The van der Waals surface area contributed by atoms with E-state index in [4.69, 9.17) is 14.7 Å². The third-order valence-corrected chi connectivity index (χ3v) is 4.09. The molecule has 0 aromatic heterocycles. The van der Waals surface area contributed by atoms with Crippen LogP contribution in [0.3, 0.4) is 0 Å². The molecule has 0 atom stereocenters. The second kappa shape index (κ2) is 8.37. The number of methoxy groups -OCH3 is 1. The minimum atomic E-state index is 0.517. The van der Waals surface area contributed by atoms with E-state index in [9.17, 15) is 5.26 Å². The lowest BCUT2D eigenvalue weighted by molar-refractivity contribution is 0.309. The van der Waals surface area contributed by atoms with Crippen molar-refractivity contribution in [2.45, 2.75) is 6.92 Å². The van der Waals surface area contributed by atoms with E-state index in [0.717, 1.165) is 14.7 Å². The molecule has 0 aliphatic carbocycles. The first-order chi connectivity index (χ1) is 11.6. The fraction of sp³-hybridized carbons (Fsp3) is 0.158. The van der Waals surface area contributed by atoms with Crippen LogP contribution < -0.4 is 9.47 Å². The molecule has 0 fully saturated rings. The van der Waals surface area contributed by atoms with Gasteiger partial charge in [-0.15, -0.1) is 0 Å². The van der Waals surface area contributed by atoms with Crippen LogP contribution in [0.5, 0.6) is 11.5 Å². The minimum absolute atomic E-state index is 0.517. The molecule has 0 heterocycles. The average molecular weight is 430 g/mol. The molecule has 0 saturated carbocycles. The number of hydrogen-bond acceptors (Lipinski definition) is 4. The molecular weight excluding hydrogens is 415 g/mol. The van der Waals surface area contributed by atoms with Crippen LogP contribution in [0.4, 0.5) is 0 Å². The van der Waals surface area contributed by atoms with Crippen LogP contribution >= 0.6 is 22.6 Å². The topological polar surface area (TPSA) is 66.0 Å². The molecule has 0 radical (unpaired) electrons. The second-order valence-electron chi connectivity index (χ2n) is 4.83. The summed E-state index contributed by atoms with van der Waals surface area (Å²) in [4.78, 5) is 0. The molecule has 0 saturated heterocycles. The largest absolute Gasteiger partial charge is 0.492 e. The van der Waals surface area contributed by atoms with Crippen LogP contribution in [0.2, 0.25) is 0 Å². The SMILES string of the molecule is CCOc1cc(/C=C(/C#N)c2ccc(C#N)cc2)cc(I)c1OC. The lowest BCUT2D eigenvalue weighted by atomic mass is 10.0. The summed E-state index contributed by atoms with van der Waals surface area (Å²) in [5.41, 5.74) is 2.70. The Morgan fingerprint density at radius 1 is 1.21 bits per heavy atom. The van der Waals surface area contributed by atoms with Crippen LogP contribution in [0, 0.1) is 26.2 Å². The number of hydrogen-bond donors (Lipinski definition) is 0. The lowest BCUT2D eigenvalue weighted by Gasteiger charge is -2.12. The molecular formula is C19H15IN2O2. The summed E-state index contributed by atoms with van der Waals surface area (Å²) >= 11 is 2.18. The van der Waals surface area contributed by atoms with Gasteiger partial charge in [0.05, 0.1) is 40.6 Å². The molecule has 0 unspecified atom stereocenters. The number of benzene rings is 2. The van der Waals surface area contributed by atoms with Gasteiger partial charge in [-0.05, 0) is 71.0 Å². The van der Waals surface area contributed by atoms with Crippen molar-refractivity contribution in [3.8, 4) is 23.6 Å². The number of nitriles is 2. The Morgan fingerprint density at radius 3 is 2.46 bits per heavy atom. The highest BCUT2D eigenvalue weighted by atomic mass is 127. The molecule has 24 heavy (non-hydrogen) atoms. The summed E-state index contributed by atoms with van der Waals surface area (Å²) in [6, 6.07) is 15.0. The highest BCUT2D eigenvalue weighted by molar-refractivity contribution is 14.1. The smallest absolute Gasteiger partial charge is 0.174 e. The van der Waals surface area contributed by atoms with Crippen molar-refractivity contribution in [1.82, 2.24) is 0 Å². The summed E-state index contributed by atoms with van der Waals surface area (Å²) < 4.78 is 11.9. The monoisotopic (exact) mass is 430 g/mol.